The number of nitrogens with two attached hydrogens (primary N) is 1. The molecule has 3 N–H and O–H groups in total. The predicted octanol–water partition coefficient (Wildman–Crippen LogP) is 1.62. The van der Waals surface area contributed by atoms with Crippen molar-refractivity contribution in [2.75, 3.05) is 10.6 Å². The van der Waals surface area contributed by atoms with Crippen LogP contribution in [0.25, 0.3) is 0 Å². The largest absolute Gasteiger partial charge is 0.368 e. The smallest absolute Gasteiger partial charge is 0.246 e. The van der Waals surface area contributed by atoms with Gasteiger partial charge in [-0.05, 0) is 35.2 Å². The number of H-pyrrole nitrogens is 1. The van der Waals surface area contributed by atoms with Crippen molar-refractivity contribution in [1.29, 1.82) is 0 Å². The van der Waals surface area contributed by atoms with E-state index in [-0.39, 0.29) is 0 Å². The number of hydrogen-bond acceptors (Lipinski definition) is 5. The molecule has 3 rings (SSSR count). The van der Waals surface area contributed by atoms with Crippen LogP contribution in [0.1, 0.15) is 18.4 Å². The van der Waals surface area contributed by atoms with Gasteiger partial charge in [-0.25, -0.2) is 5.10 Å². The fourth-order valence-corrected chi connectivity index (χ4v) is 2.38. The van der Waals surface area contributed by atoms with Crippen molar-refractivity contribution in [3.63, 3.8) is 0 Å². The number of aromatic amines is 1. The molecule has 0 saturated heterocycles. The second kappa shape index (κ2) is 3.79. The number of thiophene rings is 1. The SMILES string of the molecule is Nc1nc(N(Cc2ccsc2)C2CC2)n[nH]1. The van der Waals surface area contributed by atoms with Crippen LogP contribution in [0, 0.1) is 0 Å². The van der Waals surface area contributed by atoms with E-state index >= 15 is 0 Å². The molecule has 0 amide bonds. The molecule has 0 aliphatic heterocycles. The van der Waals surface area contributed by atoms with Gasteiger partial charge in [-0.15, -0.1) is 5.10 Å². The van der Waals surface area contributed by atoms with Crippen molar-refractivity contribution in [2.24, 2.45) is 0 Å². The van der Waals surface area contributed by atoms with Crippen molar-refractivity contribution < 1.29 is 0 Å². The highest BCUT2D eigenvalue weighted by atomic mass is 32.1. The van der Waals surface area contributed by atoms with Gasteiger partial charge in [0, 0.05) is 12.6 Å². The average Bonchev–Trinajstić information content (AvgIpc) is 2.81. The second-order valence-electron chi connectivity index (χ2n) is 4.01. The Kier molecular flexibility index (Phi) is 2.28. The molecule has 0 atom stereocenters. The summed E-state index contributed by atoms with van der Waals surface area (Å²) in [5, 5.41) is 11.1. The molecule has 2 aromatic rings. The van der Waals surface area contributed by atoms with Crippen LogP contribution in [0.2, 0.25) is 0 Å². The van der Waals surface area contributed by atoms with Crippen LogP contribution in [-0.2, 0) is 6.54 Å². The Bertz CT molecular complexity index is 459. The summed E-state index contributed by atoms with van der Waals surface area (Å²) in [5.41, 5.74) is 6.86. The Balaban J connectivity index is 1.81. The molecule has 2 heterocycles. The number of rotatable bonds is 4. The molecular weight excluding hydrogens is 222 g/mol. The summed E-state index contributed by atoms with van der Waals surface area (Å²) < 4.78 is 0. The Morgan fingerprint density at radius 3 is 3.00 bits per heavy atom. The summed E-state index contributed by atoms with van der Waals surface area (Å²) in [6, 6.07) is 2.71. The zero-order valence-electron chi connectivity index (χ0n) is 8.76. The summed E-state index contributed by atoms with van der Waals surface area (Å²) in [4.78, 5) is 6.41. The van der Waals surface area contributed by atoms with Crippen molar-refractivity contribution in [1.82, 2.24) is 15.2 Å². The van der Waals surface area contributed by atoms with E-state index in [4.69, 9.17) is 5.73 Å². The number of nitrogens with zero attached hydrogens (tertiary/aromatic N) is 3. The lowest BCUT2D eigenvalue weighted by Crippen LogP contribution is -2.25. The van der Waals surface area contributed by atoms with Gasteiger partial charge >= 0.3 is 0 Å². The fourth-order valence-electron chi connectivity index (χ4n) is 1.72. The minimum absolute atomic E-state index is 0.381. The highest BCUT2D eigenvalue weighted by molar-refractivity contribution is 7.07. The second-order valence-corrected chi connectivity index (χ2v) is 4.79. The van der Waals surface area contributed by atoms with Crippen LogP contribution < -0.4 is 10.6 Å². The first-order chi connectivity index (χ1) is 7.83. The highest BCUT2D eigenvalue weighted by Gasteiger charge is 2.31. The molecule has 1 aliphatic carbocycles. The van der Waals surface area contributed by atoms with Gasteiger partial charge in [-0.1, -0.05) is 0 Å². The average molecular weight is 235 g/mol. The molecule has 0 radical (unpaired) electrons. The van der Waals surface area contributed by atoms with E-state index in [9.17, 15) is 0 Å². The van der Waals surface area contributed by atoms with Crippen LogP contribution in [0.5, 0.6) is 0 Å². The minimum Gasteiger partial charge on any atom is -0.368 e. The lowest BCUT2D eigenvalue weighted by molar-refractivity contribution is 0.763. The summed E-state index contributed by atoms with van der Waals surface area (Å²) >= 11 is 1.71. The maximum absolute atomic E-state index is 5.56. The molecule has 5 nitrogen and oxygen atoms in total. The zero-order chi connectivity index (χ0) is 11.0. The van der Waals surface area contributed by atoms with E-state index in [1.54, 1.807) is 11.3 Å². The fraction of sp³-hybridized carbons (Fsp3) is 0.400. The summed E-state index contributed by atoms with van der Waals surface area (Å²) in [6.07, 6.45) is 2.44. The third-order valence-electron chi connectivity index (χ3n) is 2.67. The van der Waals surface area contributed by atoms with E-state index in [1.165, 1.54) is 18.4 Å². The highest BCUT2D eigenvalue weighted by Crippen LogP contribution is 2.31. The maximum atomic E-state index is 5.56. The Hall–Kier alpha value is -1.56. The molecular formula is C10H13N5S. The molecule has 0 unspecified atom stereocenters. The maximum Gasteiger partial charge on any atom is 0.246 e. The first-order valence-electron chi connectivity index (χ1n) is 5.28. The summed E-state index contributed by atoms with van der Waals surface area (Å²) in [7, 11) is 0. The van der Waals surface area contributed by atoms with Gasteiger partial charge in [0.05, 0.1) is 0 Å². The monoisotopic (exact) mass is 235 g/mol. The van der Waals surface area contributed by atoms with Crippen LogP contribution >= 0.6 is 11.3 Å². The Morgan fingerprint density at radius 2 is 2.44 bits per heavy atom. The van der Waals surface area contributed by atoms with Crippen LogP contribution in [0.15, 0.2) is 16.8 Å². The summed E-state index contributed by atoms with van der Waals surface area (Å²) in [5.74, 6) is 1.09. The van der Waals surface area contributed by atoms with Gasteiger partial charge in [0.2, 0.25) is 11.9 Å². The van der Waals surface area contributed by atoms with Gasteiger partial charge in [0.25, 0.3) is 0 Å². The van der Waals surface area contributed by atoms with Gasteiger partial charge in [-0.2, -0.15) is 16.3 Å². The standard InChI is InChI=1S/C10H13N5S/c11-9-12-10(14-13-9)15(8-1-2-8)5-7-3-4-16-6-7/h3-4,6,8H,1-2,5H2,(H3,11,12,13,14). The number of nitrogen functional groups attached to an aromatic ring is 1. The number of nitrogens with one attached hydrogen (secondary N) is 1. The molecule has 16 heavy (non-hydrogen) atoms. The number of aromatic nitrogens is 3. The zero-order valence-corrected chi connectivity index (χ0v) is 9.57. The van der Waals surface area contributed by atoms with E-state index < -0.39 is 0 Å². The molecule has 0 bridgehead atoms. The van der Waals surface area contributed by atoms with Crippen LogP contribution in [-0.4, -0.2) is 21.2 Å². The quantitative estimate of drug-likeness (QED) is 0.844. The van der Waals surface area contributed by atoms with E-state index in [0.29, 0.717) is 17.9 Å². The minimum atomic E-state index is 0.381. The van der Waals surface area contributed by atoms with Crippen molar-refractivity contribution in [3.05, 3.63) is 22.4 Å². The Labute approximate surface area is 97.3 Å². The van der Waals surface area contributed by atoms with E-state index in [2.05, 4.69) is 36.9 Å². The third-order valence-corrected chi connectivity index (χ3v) is 3.40. The molecule has 0 spiro atoms. The first-order valence-corrected chi connectivity index (χ1v) is 6.23. The van der Waals surface area contributed by atoms with E-state index in [1.807, 2.05) is 0 Å². The molecule has 84 valence electrons. The molecule has 2 aromatic heterocycles. The number of anilines is 2. The van der Waals surface area contributed by atoms with Crippen molar-refractivity contribution in [2.45, 2.75) is 25.4 Å². The molecule has 1 fully saturated rings. The van der Waals surface area contributed by atoms with Crippen molar-refractivity contribution in [3.8, 4) is 0 Å². The third kappa shape index (κ3) is 1.88. The first kappa shape index (κ1) is 9.65. The number of hydrogen-bond donors (Lipinski definition) is 2. The van der Waals surface area contributed by atoms with Gasteiger partial charge in [0.15, 0.2) is 0 Å². The topological polar surface area (TPSA) is 70.8 Å². The lowest BCUT2D eigenvalue weighted by Gasteiger charge is -2.19. The molecule has 1 saturated carbocycles. The van der Waals surface area contributed by atoms with Gasteiger partial charge in [-0.3, -0.25) is 0 Å². The molecule has 0 aromatic carbocycles. The lowest BCUT2D eigenvalue weighted by atomic mass is 10.3. The van der Waals surface area contributed by atoms with E-state index in [0.717, 1.165) is 6.54 Å². The van der Waals surface area contributed by atoms with Gasteiger partial charge in [0.1, 0.15) is 0 Å². The van der Waals surface area contributed by atoms with Gasteiger partial charge < -0.3 is 10.6 Å². The molecule has 1 aliphatic rings. The predicted molar refractivity (Wildman–Crippen MR) is 64.3 cm³/mol. The molecule has 6 heteroatoms. The summed E-state index contributed by atoms with van der Waals surface area (Å²) in [6.45, 7) is 0.867. The normalized spacial score (nSPS) is 15.2. The Morgan fingerprint density at radius 1 is 1.56 bits per heavy atom. The van der Waals surface area contributed by atoms with Crippen molar-refractivity contribution >= 4 is 23.2 Å². The van der Waals surface area contributed by atoms with Crippen LogP contribution in [0.4, 0.5) is 11.9 Å². The van der Waals surface area contributed by atoms with Crippen LogP contribution in [0.3, 0.4) is 0 Å².